The number of carbonyl (C=O) groups excluding carboxylic acids is 1. The molecule has 0 saturated carbocycles. The molecule has 3 aromatic rings. The zero-order chi connectivity index (χ0) is 15.4. The Bertz CT molecular complexity index is 769. The van der Waals surface area contributed by atoms with Crippen LogP contribution >= 0.6 is 22.9 Å². The van der Waals surface area contributed by atoms with E-state index >= 15 is 0 Å². The maximum Gasteiger partial charge on any atom is 0.338 e. The van der Waals surface area contributed by atoms with Gasteiger partial charge in [-0.15, -0.1) is 11.3 Å². The van der Waals surface area contributed by atoms with E-state index in [0.717, 1.165) is 16.3 Å². The minimum absolute atomic E-state index is 0.158. The summed E-state index contributed by atoms with van der Waals surface area (Å²) < 4.78 is 5.27. The van der Waals surface area contributed by atoms with Crippen LogP contribution in [-0.4, -0.2) is 11.0 Å². The number of nitrogens with zero attached hydrogens (tertiary/aromatic N) is 1. The summed E-state index contributed by atoms with van der Waals surface area (Å²) in [5.41, 5.74) is 2.27. The summed E-state index contributed by atoms with van der Waals surface area (Å²) in [6.07, 6.45) is 0. The van der Waals surface area contributed by atoms with Crippen molar-refractivity contribution in [2.75, 3.05) is 0 Å². The van der Waals surface area contributed by atoms with E-state index < -0.39 is 0 Å². The molecule has 1 aromatic heterocycles. The Kier molecular flexibility index (Phi) is 4.51. The Morgan fingerprint density at radius 3 is 2.55 bits per heavy atom. The highest BCUT2D eigenvalue weighted by Crippen LogP contribution is 2.23. The fraction of sp³-hybridized carbons (Fsp3) is 0.0588. The zero-order valence-electron chi connectivity index (χ0n) is 11.5. The number of halogens is 1. The van der Waals surface area contributed by atoms with Crippen molar-refractivity contribution in [1.82, 2.24) is 4.98 Å². The van der Waals surface area contributed by atoms with Crippen molar-refractivity contribution in [3.05, 3.63) is 76.3 Å². The quantitative estimate of drug-likeness (QED) is 0.644. The molecule has 0 unspecified atom stereocenters. The molecule has 22 heavy (non-hydrogen) atoms. The van der Waals surface area contributed by atoms with E-state index in [1.807, 2.05) is 35.7 Å². The summed E-state index contributed by atoms with van der Waals surface area (Å²) in [6.45, 7) is 0.158. The minimum atomic E-state index is -0.383. The van der Waals surface area contributed by atoms with Crippen LogP contribution in [0.5, 0.6) is 0 Å². The smallest absolute Gasteiger partial charge is 0.338 e. The first-order valence-electron chi connectivity index (χ1n) is 6.65. The monoisotopic (exact) mass is 329 g/mol. The lowest BCUT2D eigenvalue weighted by atomic mass is 10.2. The highest BCUT2D eigenvalue weighted by Gasteiger charge is 2.09. The van der Waals surface area contributed by atoms with Crippen LogP contribution in [0.3, 0.4) is 0 Å². The lowest BCUT2D eigenvalue weighted by Crippen LogP contribution is -2.05. The maximum atomic E-state index is 11.9. The van der Waals surface area contributed by atoms with Crippen LogP contribution in [0.2, 0.25) is 5.02 Å². The van der Waals surface area contributed by atoms with Gasteiger partial charge in [-0.1, -0.05) is 41.9 Å². The standard InChI is InChI=1S/C17H12ClNO2S/c18-14-8-6-13(7-9-14)17(20)21-10-15-11-22-16(19-15)12-4-2-1-3-5-12/h1-9,11H,10H2. The number of esters is 1. The maximum absolute atomic E-state index is 11.9. The Labute approximate surface area is 137 Å². The first-order chi connectivity index (χ1) is 10.7. The van der Waals surface area contributed by atoms with Crippen molar-refractivity contribution < 1.29 is 9.53 Å². The van der Waals surface area contributed by atoms with E-state index in [4.69, 9.17) is 16.3 Å². The number of thiazole rings is 1. The van der Waals surface area contributed by atoms with Gasteiger partial charge in [-0.25, -0.2) is 9.78 Å². The van der Waals surface area contributed by atoms with Gasteiger partial charge in [0.1, 0.15) is 11.6 Å². The van der Waals surface area contributed by atoms with Crippen LogP contribution < -0.4 is 0 Å². The molecule has 0 amide bonds. The topological polar surface area (TPSA) is 39.2 Å². The fourth-order valence-electron chi connectivity index (χ4n) is 1.90. The molecular weight excluding hydrogens is 318 g/mol. The van der Waals surface area contributed by atoms with E-state index in [0.29, 0.717) is 10.6 Å². The molecule has 0 N–H and O–H groups in total. The third kappa shape index (κ3) is 3.53. The molecule has 0 saturated heterocycles. The average molecular weight is 330 g/mol. The van der Waals surface area contributed by atoms with Crippen LogP contribution in [0.4, 0.5) is 0 Å². The number of aromatic nitrogens is 1. The van der Waals surface area contributed by atoms with Gasteiger partial charge >= 0.3 is 5.97 Å². The van der Waals surface area contributed by atoms with Crippen LogP contribution in [0.15, 0.2) is 60.0 Å². The van der Waals surface area contributed by atoms with Crippen LogP contribution in [0.1, 0.15) is 16.1 Å². The van der Waals surface area contributed by atoms with Crippen molar-refractivity contribution in [3.63, 3.8) is 0 Å². The van der Waals surface area contributed by atoms with Gasteiger partial charge in [0.25, 0.3) is 0 Å². The number of ether oxygens (including phenoxy) is 1. The first kappa shape index (κ1) is 14.8. The van der Waals surface area contributed by atoms with E-state index in [1.165, 1.54) is 11.3 Å². The third-order valence-corrected chi connectivity index (χ3v) is 4.20. The molecule has 0 aliphatic carbocycles. The molecule has 0 aliphatic heterocycles. The highest BCUT2D eigenvalue weighted by molar-refractivity contribution is 7.13. The molecule has 0 fully saturated rings. The van der Waals surface area contributed by atoms with Gasteiger partial charge in [0.2, 0.25) is 0 Å². The SMILES string of the molecule is O=C(OCc1csc(-c2ccccc2)n1)c1ccc(Cl)cc1. The predicted molar refractivity (Wildman–Crippen MR) is 88.1 cm³/mol. The van der Waals surface area contributed by atoms with Gasteiger partial charge in [-0.05, 0) is 24.3 Å². The third-order valence-electron chi connectivity index (χ3n) is 3.00. The van der Waals surface area contributed by atoms with E-state index in [1.54, 1.807) is 24.3 Å². The summed E-state index contributed by atoms with van der Waals surface area (Å²) in [5.74, 6) is -0.383. The van der Waals surface area contributed by atoms with Gasteiger partial charge in [0.05, 0.1) is 11.3 Å². The lowest BCUT2D eigenvalue weighted by molar-refractivity contribution is 0.0468. The van der Waals surface area contributed by atoms with Gasteiger partial charge in [-0.3, -0.25) is 0 Å². The van der Waals surface area contributed by atoms with Crippen molar-refractivity contribution in [2.24, 2.45) is 0 Å². The minimum Gasteiger partial charge on any atom is -0.456 e. The van der Waals surface area contributed by atoms with Gasteiger partial charge in [0.15, 0.2) is 0 Å². The first-order valence-corrected chi connectivity index (χ1v) is 7.90. The number of carbonyl (C=O) groups is 1. The summed E-state index contributed by atoms with van der Waals surface area (Å²) in [5, 5.41) is 3.40. The van der Waals surface area contributed by atoms with Crippen LogP contribution in [-0.2, 0) is 11.3 Å². The van der Waals surface area contributed by atoms with E-state index in [-0.39, 0.29) is 12.6 Å². The molecule has 2 aromatic carbocycles. The van der Waals surface area contributed by atoms with Gasteiger partial charge in [-0.2, -0.15) is 0 Å². The summed E-state index contributed by atoms with van der Waals surface area (Å²) in [4.78, 5) is 16.4. The fourth-order valence-corrected chi connectivity index (χ4v) is 2.83. The van der Waals surface area contributed by atoms with Crippen LogP contribution in [0, 0.1) is 0 Å². The molecule has 0 radical (unpaired) electrons. The predicted octanol–water partition coefficient (Wildman–Crippen LogP) is 4.82. The Hall–Kier alpha value is -2.17. The summed E-state index contributed by atoms with van der Waals surface area (Å²) >= 11 is 7.32. The molecule has 1 heterocycles. The molecule has 0 spiro atoms. The zero-order valence-corrected chi connectivity index (χ0v) is 13.1. The molecular formula is C17H12ClNO2S. The largest absolute Gasteiger partial charge is 0.456 e. The Balaban J connectivity index is 1.64. The number of hydrogen-bond acceptors (Lipinski definition) is 4. The number of rotatable bonds is 4. The molecule has 110 valence electrons. The molecule has 0 atom stereocenters. The molecule has 3 nitrogen and oxygen atoms in total. The second kappa shape index (κ2) is 6.73. The van der Waals surface area contributed by atoms with E-state index in [9.17, 15) is 4.79 Å². The van der Waals surface area contributed by atoms with Crippen molar-refractivity contribution >= 4 is 28.9 Å². The normalized spacial score (nSPS) is 10.4. The highest BCUT2D eigenvalue weighted by atomic mass is 35.5. The van der Waals surface area contributed by atoms with E-state index in [2.05, 4.69) is 4.98 Å². The van der Waals surface area contributed by atoms with Crippen molar-refractivity contribution in [2.45, 2.75) is 6.61 Å². The Morgan fingerprint density at radius 1 is 1.09 bits per heavy atom. The molecule has 5 heteroatoms. The average Bonchev–Trinajstić information content (AvgIpc) is 3.03. The summed E-state index contributed by atoms with van der Waals surface area (Å²) in [7, 11) is 0. The summed E-state index contributed by atoms with van der Waals surface area (Å²) in [6, 6.07) is 16.5. The Morgan fingerprint density at radius 2 is 1.82 bits per heavy atom. The second-order valence-corrected chi connectivity index (χ2v) is 5.89. The van der Waals surface area contributed by atoms with Gasteiger partial charge in [0, 0.05) is 16.0 Å². The number of benzene rings is 2. The van der Waals surface area contributed by atoms with Crippen LogP contribution in [0.25, 0.3) is 10.6 Å². The number of hydrogen-bond donors (Lipinski definition) is 0. The molecule has 3 rings (SSSR count). The van der Waals surface area contributed by atoms with Crippen molar-refractivity contribution in [3.8, 4) is 10.6 Å². The second-order valence-electron chi connectivity index (χ2n) is 4.59. The van der Waals surface area contributed by atoms with Gasteiger partial charge < -0.3 is 4.74 Å². The van der Waals surface area contributed by atoms with Crippen molar-refractivity contribution in [1.29, 1.82) is 0 Å². The molecule has 0 aliphatic rings. The lowest BCUT2D eigenvalue weighted by Gasteiger charge is -2.02. The molecule has 0 bridgehead atoms.